The van der Waals surface area contributed by atoms with Crippen molar-refractivity contribution in [1.29, 1.82) is 0 Å². The average molecular weight is 276 g/mol. The van der Waals surface area contributed by atoms with Crippen LogP contribution in [0.4, 0.5) is 0 Å². The van der Waals surface area contributed by atoms with E-state index >= 15 is 0 Å². The fourth-order valence-corrected chi connectivity index (χ4v) is 2.06. The summed E-state index contributed by atoms with van der Waals surface area (Å²) in [4.78, 5) is 17.0. The largest absolute Gasteiger partial charge is 0.352 e. The summed E-state index contributed by atoms with van der Waals surface area (Å²) in [6, 6.07) is 7.59. The number of aromatic nitrogens is 3. The molecule has 100 valence electrons. The number of H-pyrrole nitrogens is 1. The molecule has 2 aromatic rings. The van der Waals surface area contributed by atoms with Crippen LogP contribution < -0.4 is 5.32 Å². The molecule has 0 aliphatic carbocycles. The zero-order chi connectivity index (χ0) is 13.5. The van der Waals surface area contributed by atoms with Crippen molar-refractivity contribution in [3.63, 3.8) is 0 Å². The minimum Gasteiger partial charge on any atom is -0.352 e. The van der Waals surface area contributed by atoms with Gasteiger partial charge in [0.1, 0.15) is 12.2 Å². The standard InChI is InChI=1S/C13H16N4OS/c1-19-11-6-4-10(5-7-11)13(18)14-8-2-3-12-15-9-16-17-12/h4-7,9H,2-3,8H2,1H3,(H,14,18)(H,15,16,17). The predicted molar refractivity (Wildman–Crippen MR) is 75.3 cm³/mol. The van der Waals surface area contributed by atoms with Gasteiger partial charge in [0.15, 0.2) is 0 Å². The third kappa shape index (κ3) is 4.10. The number of thioether (sulfide) groups is 1. The van der Waals surface area contributed by atoms with Gasteiger partial charge in [-0.05, 0) is 36.9 Å². The Balaban J connectivity index is 1.74. The Labute approximate surface area is 116 Å². The maximum absolute atomic E-state index is 11.9. The van der Waals surface area contributed by atoms with Gasteiger partial charge in [0, 0.05) is 23.4 Å². The highest BCUT2D eigenvalue weighted by molar-refractivity contribution is 7.98. The van der Waals surface area contributed by atoms with E-state index in [9.17, 15) is 4.79 Å². The minimum atomic E-state index is -0.0368. The number of aromatic amines is 1. The quantitative estimate of drug-likeness (QED) is 0.624. The fraction of sp³-hybridized carbons (Fsp3) is 0.308. The van der Waals surface area contributed by atoms with Gasteiger partial charge in [-0.2, -0.15) is 5.10 Å². The molecule has 0 saturated heterocycles. The van der Waals surface area contributed by atoms with Gasteiger partial charge in [-0.25, -0.2) is 4.98 Å². The molecule has 19 heavy (non-hydrogen) atoms. The van der Waals surface area contributed by atoms with E-state index in [1.54, 1.807) is 11.8 Å². The summed E-state index contributed by atoms with van der Waals surface area (Å²) < 4.78 is 0. The Bertz CT molecular complexity index is 510. The highest BCUT2D eigenvalue weighted by Crippen LogP contribution is 2.14. The fourth-order valence-electron chi connectivity index (χ4n) is 1.65. The Morgan fingerprint density at radius 1 is 1.37 bits per heavy atom. The van der Waals surface area contributed by atoms with Crippen molar-refractivity contribution in [2.75, 3.05) is 12.8 Å². The predicted octanol–water partition coefficient (Wildman–Crippen LogP) is 1.89. The second kappa shape index (κ2) is 6.94. The van der Waals surface area contributed by atoms with Crippen molar-refractivity contribution >= 4 is 17.7 Å². The van der Waals surface area contributed by atoms with E-state index in [2.05, 4.69) is 20.5 Å². The van der Waals surface area contributed by atoms with E-state index in [0.717, 1.165) is 23.6 Å². The Morgan fingerprint density at radius 3 is 2.79 bits per heavy atom. The number of benzene rings is 1. The van der Waals surface area contributed by atoms with Crippen LogP contribution in [0.5, 0.6) is 0 Å². The van der Waals surface area contributed by atoms with Gasteiger partial charge >= 0.3 is 0 Å². The first-order valence-electron chi connectivity index (χ1n) is 6.06. The van der Waals surface area contributed by atoms with Gasteiger partial charge in [0.2, 0.25) is 0 Å². The van der Waals surface area contributed by atoms with E-state index in [4.69, 9.17) is 0 Å². The number of nitrogens with zero attached hydrogens (tertiary/aromatic N) is 2. The molecule has 0 spiro atoms. The molecule has 0 atom stereocenters. The summed E-state index contributed by atoms with van der Waals surface area (Å²) in [6.07, 6.45) is 5.12. The number of amides is 1. The average Bonchev–Trinajstić information content (AvgIpc) is 2.96. The Kier molecular flexibility index (Phi) is 4.97. The molecule has 5 nitrogen and oxygen atoms in total. The molecule has 0 aliphatic heterocycles. The summed E-state index contributed by atoms with van der Waals surface area (Å²) in [7, 11) is 0. The lowest BCUT2D eigenvalue weighted by atomic mass is 10.2. The Morgan fingerprint density at radius 2 is 2.16 bits per heavy atom. The van der Waals surface area contributed by atoms with Gasteiger partial charge in [-0.3, -0.25) is 9.89 Å². The van der Waals surface area contributed by atoms with E-state index in [1.165, 1.54) is 6.33 Å². The molecule has 1 heterocycles. The lowest BCUT2D eigenvalue weighted by Gasteiger charge is -2.05. The van der Waals surface area contributed by atoms with Gasteiger partial charge in [-0.15, -0.1) is 11.8 Å². The first kappa shape index (κ1) is 13.6. The van der Waals surface area contributed by atoms with E-state index in [-0.39, 0.29) is 5.91 Å². The first-order valence-corrected chi connectivity index (χ1v) is 7.28. The van der Waals surface area contributed by atoms with Crippen LogP contribution in [0.2, 0.25) is 0 Å². The summed E-state index contributed by atoms with van der Waals surface area (Å²) in [6.45, 7) is 0.629. The molecule has 0 radical (unpaired) electrons. The van der Waals surface area contributed by atoms with Crippen LogP contribution in [0.25, 0.3) is 0 Å². The molecule has 1 aromatic carbocycles. The first-order chi connectivity index (χ1) is 9.29. The number of carbonyl (C=O) groups is 1. The molecule has 6 heteroatoms. The SMILES string of the molecule is CSc1ccc(C(=O)NCCCc2ncn[nH]2)cc1. The normalized spacial score (nSPS) is 10.4. The van der Waals surface area contributed by atoms with Gasteiger partial charge in [0.25, 0.3) is 5.91 Å². The van der Waals surface area contributed by atoms with Crippen LogP contribution in [-0.2, 0) is 6.42 Å². The zero-order valence-electron chi connectivity index (χ0n) is 10.7. The zero-order valence-corrected chi connectivity index (χ0v) is 11.5. The molecule has 0 bridgehead atoms. The number of nitrogens with one attached hydrogen (secondary N) is 2. The highest BCUT2D eigenvalue weighted by Gasteiger charge is 2.04. The second-order valence-corrected chi connectivity index (χ2v) is 4.90. The molecule has 1 amide bonds. The maximum atomic E-state index is 11.9. The molecule has 0 saturated carbocycles. The maximum Gasteiger partial charge on any atom is 0.251 e. The topological polar surface area (TPSA) is 70.7 Å². The van der Waals surface area contributed by atoms with Crippen LogP contribution in [-0.4, -0.2) is 33.9 Å². The molecule has 2 rings (SSSR count). The third-order valence-electron chi connectivity index (χ3n) is 2.69. The smallest absolute Gasteiger partial charge is 0.251 e. The van der Waals surface area contributed by atoms with E-state index < -0.39 is 0 Å². The van der Waals surface area contributed by atoms with Crippen molar-refractivity contribution in [2.24, 2.45) is 0 Å². The minimum absolute atomic E-state index is 0.0368. The summed E-state index contributed by atoms with van der Waals surface area (Å²) in [5.74, 6) is 0.809. The Hall–Kier alpha value is -1.82. The second-order valence-electron chi connectivity index (χ2n) is 4.02. The number of hydrogen-bond donors (Lipinski definition) is 2. The molecule has 0 aliphatic rings. The lowest BCUT2D eigenvalue weighted by molar-refractivity contribution is 0.0953. The van der Waals surface area contributed by atoms with E-state index in [0.29, 0.717) is 12.1 Å². The van der Waals surface area contributed by atoms with Gasteiger partial charge in [-0.1, -0.05) is 0 Å². The van der Waals surface area contributed by atoms with Crippen molar-refractivity contribution in [1.82, 2.24) is 20.5 Å². The van der Waals surface area contributed by atoms with Crippen LogP contribution in [0.15, 0.2) is 35.5 Å². The van der Waals surface area contributed by atoms with Crippen molar-refractivity contribution < 1.29 is 4.79 Å². The molecule has 1 aromatic heterocycles. The number of hydrogen-bond acceptors (Lipinski definition) is 4. The molecular weight excluding hydrogens is 260 g/mol. The number of carbonyl (C=O) groups excluding carboxylic acids is 1. The highest BCUT2D eigenvalue weighted by atomic mass is 32.2. The van der Waals surface area contributed by atoms with Crippen molar-refractivity contribution in [2.45, 2.75) is 17.7 Å². The van der Waals surface area contributed by atoms with Crippen LogP contribution >= 0.6 is 11.8 Å². The molecular formula is C13H16N4OS. The van der Waals surface area contributed by atoms with Gasteiger partial charge < -0.3 is 5.32 Å². The monoisotopic (exact) mass is 276 g/mol. The van der Waals surface area contributed by atoms with Gasteiger partial charge in [0.05, 0.1) is 0 Å². The van der Waals surface area contributed by atoms with E-state index in [1.807, 2.05) is 30.5 Å². The molecule has 0 unspecified atom stereocenters. The van der Waals surface area contributed by atoms with Crippen LogP contribution in [0, 0.1) is 0 Å². The lowest BCUT2D eigenvalue weighted by Crippen LogP contribution is -2.24. The summed E-state index contributed by atoms with van der Waals surface area (Å²) >= 11 is 1.66. The third-order valence-corrected chi connectivity index (χ3v) is 3.44. The van der Waals surface area contributed by atoms with Crippen molar-refractivity contribution in [3.05, 3.63) is 42.0 Å². The summed E-state index contributed by atoms with van der Waals surface area (Å²) in [5, 5.41) is 9.46. The number of rotatable bonds is 6. The summed E-state index contributed by atoms with van der Waals surface area (Å²) in [5.41, 5.74) is 0.692. The molecule has 0 fully saturated rings. The van der Waals surface area contributed by atoms with Crippen LogP contribution in [0.3, 0.4) is 0 Å². The van der Waals surface area contributed by atoms with Crippen molar-refractivity contribution in [3.8, 4) is 0 Å². The van der Waals surface area contributed by atoms with Crippen LogP contribution in [0.1, 0.15) is 22.6 Å². The number of aryl methyl sites for hydroxylation is 1. The molecule has 2 N–H and O–H groups in total.